The van der Waals surface area contributed by atoms with E-state index in [4.69, 9.17) is 5.11 Å². The first kappa shape index (κ1) is 14.3. The Bertz CT molecular complexity index is 128. The van der Waals surface area contributed by atoms with Gasteiger partial charge in [0, 0.05) is 18.6 Å². The molecule has 0 aliphatic heterocycles. The molecule has 14 heavy (non-hydrogen) atoms. The lowest BCUT2D eigenvalue weighted by molar-refractivity contribution is 0.157. The van der Waals surface area contributed by atoms with Gasteiger partial charge < -0.3 is 10.4 Å². The summed E-state index contributed by atoms with van der Waals surface area (Å²) in [7, 11) is 0. The van der Waals surface area contributed by atoms with Gasteiger partial charge in [-0.2, -0.15) is 11.8 Å². The molecule has 0 spiro atoms. The van der Waals surface area contributed by atoms with Gasteiger partial charge in [-0.25, -0.2) is 0 Å². The fourth-order valence-electron chi connectivity index (χ4n) is 1.16. The number of hydrogen-bond donors (Lipinski definition) is 2. The van der Waals surface area contributed by atoms with Gasteiger partial charge >= 0.3 is 0 Å². The number of aliphatic hydroxyl groups excluding tert-OH is 1. The molecule has 2 N–H and O–H groups in total. The Kier molecular flexibility index (Phi) is 8.73. The fourth-order valence-corrected chi connectivity index (χ4v) is 1.65. The minimum atomic E-state index is 0.0271. The molecule has 0 radical (unpaired) electrons. The van der Waals surface area contributed by atoms with Gasteiger partial charge in [0.15, 0.2) is 0 Å². The Hall–Kier alpha value is 0.270. The maximum absolute atomic E-state index is 9.02. The second-order valence-electron chi connectivity index (χ2n) is 4.55. The van der Waals surface area contributed by atoms with Crippen LogP contribution in [0.15, 0.2) is 0 Å². The highest BCUT2D eigenvalue weighted by atomic mass is 32.2. The number of hydrogen-bond acceptors (Lipinski definition) is 3. The van der Waals surface area contributed by atoms with Crippen LogP contribution in [0.2, 0.25) is 0 Å². The molecule has 3 heteroatoms. The number of rotatable bonds is 9. The molecule has 0 unspecified atom stereocenters. The molecular weight excluding hydrogens is 194 g/mol. The smallest absolute Gasteiger partial charge is 0.0494 e. The minimum Gasteiger partial charge on any atom is -0.396 e. The maximum atomic E-state index is 9.02. The van der Waals surface area contributed by atoms with Gasteiger partial charge in [0.2, 0.25) is 0 Å². The Morgan fingerprint density at radius 1 is 1.21 bits per heavy atom. The fraction of sp³-hybridized carbons (Fsp3) is 1.00. The molecule has 0 aliphatic rings. The third-order valence-electron chi connectivity index (χ3n) is 2.23. The number of aliphatic hydroxyl groups is 1. The summed E-state index contributed by atoms with van der Waals surface area (Å²) in [5.74, 6) is 1.28. The van der Waals surface area contributed by atoms with Crippen LogP contribution in [0.1, 0.15) is 33.1 Å². The first-order valence-corrected chi connectivity index (χ1v) is 6.82. The normalized spacial score (nSPS) is 12.0. The van der Waals surface area contributed by atoms with Crippen LogP contribution < -0.4 is 5.32 Å². The minimum absolute atomic E-state index is 0.0271. The summed E-state index contributed by atoms with van der Waals surface area (Å²) < 4.78 is 0. The van der Waals surface area contributed by atoms with Gasteiger partial charge in [0.25, 0.3) is 0 Å². The number of unbranched alkanes of at least 4 members (excludes halogenated alkanes) is 2. The SMILES string of the molecule is CSCCCCCNCC(C)(C)CO. The van der Waals surface area contributed by atoms with Crippen molar-refractivity contribution in [3.8, 4) is 0 Å². The Morgan fingerprint density at radius 2 is 1.93 bits per heavy atom. The van der Waals surface area contributed by atoms with Crippen LogP contribution in [0.25, 0.3) is 0 Å². The summed E-state index contributed by atoms with van der Waals surface area (Å²) in [6.45, 7) is 6.40. The first-order valence-electron chi connectivity index (χ1n) is 5.43. The predicted molar refractivity (Wildman–Crippen MR) is 66.0 cm³/mol. The largest absolute Gasteiger partial charge is 0.396 e. The summed E-state index contributed by atoms with van der Waals surface area (Å²) in [5, 5.41) is 12.4. The van der Waals surface area contributed by atoms with Crippen molar-refractivity contribution in [1.82, 2.24) is 5.32 Å². The van der Waals surface area contributed by atoms with E-state index in [0.717, 1.165) is 13.1 Å². The molecule has 0 rings (SSSR count). The highest BCUT2D eigenvalue weighted by Crippen LogP contribution is 2.11. The lowest BCUT2D eigenvalue weighted by Gasteiger charge is -2.21. The van der Waals surface area contributed by atoms with E-state index < -0.39 is 0 Å². The van der Waals surface area contributed by atoms with Gasteiger partial charge in [-0.05, 0) is 31.4 Å². The van der Waals surface area contributed by atoms with E-state index in [0.29, 0.717) is 0 Å². The molecule has 0 heterocycles. The van der Waals surface area contributed by atoms with E-state index in [2.05, 4.69) is 25.4 Å². The summed E-state index contributed by atoms with van der Waals surface area (Å²) in [6.07, 6.45) is 6.05. The van der Waals surface area contributed by atoms with Crippen LogP contribution in [0.4, 0.5) is 0 Å². The summed E-state index contributed by atoms with van der Waals surface area (Å²) in [6, 6.07) is 0. The van der Waals surface area contributed by atoms with Crippen LogP contribution >= 0.6 is 11.8 Å². The Morgan fingerprint density at radius 3 is 2.50 bits per heavy atom. The van der Waals surface area contributed by atoms with Gasteiger partial charge in [-0.3, -0.25) is 0 Å². The molecular formula is C11H25NOS. The van der Waals surface area contributed by atoms with Crippen LogP contribution in [0, 0.1) is 5.41 Å². The zero-order valence-corrected chi connectivity index (χ0v) is 10.6. The maximum Gasteiger partial charge on any atom is 0.0494 e. The van der Waals surface area contributed by atoms with Gasteiger partial charge in [0.05, 0.1) is 0 Å². The average molecular weight is 219 g/mol. The molecule has 0 saturated carbocycles. The number of thioether (sulfide) groups is 1. The van der Waals surface area contributed by atoms with Crippen molar-refractivity contribution < 1.29 is 5.11 Å². The summed E-state index contributed by atoms with van der Waals surface area (Å²) in [4.78, 5) is 0. The molecule has 0 fully saturated rings. The van der Waals surface area contributed by atoms with Crippen LogP contribution in [-0.2, 0) is 0 Å². The van der Waals surface area contributed by atoms with E-state index in [1.165, 1.54) is 25.0 Å². The van der Waals surface area contributed by atoms with E-state index in [1.807, 2.05) is 11.8 Å². The first-order chi connectivity index (χ1) is 6.62. The molecule has 0 aromatic heterocycles. The van der Waals surface area contributed by atoms with E-state index >= 15 is 0 Å². The summed E-state index contributed by atoms with van der Waals surface area (Å²) >= 11 is 1.92. The number of nitrogens with one attached hydrogen (secondary N) is 1. The zero-order chi connectivity index (χ0) is 10.9. The molecule has 0 bridgehead atoms. The second kappa shape index (κ2) is 8.57. The molecule has 0 saturated heterocycles. The standard InChI is InChI=1S/C11H25NOS/c1-11(2,10-13)9-12-7-5-4-6-8-14-3/h12-13H,4-10H2,1-3H3. The molecule has 86 valence electrons. The third-order valence-corrected chi connectivity index (χ3v) is 2.93. The average Bonchev–Trinajstić information content (AvgIpc) is 2.16. The van der Waals surface area contributed by atoms with E-state index in [-0.39, 0.29) is 12.0 Å². The topological polar surface area (TPSA) is 32.3 Å². The molecule has 0 aromatic rings. The zero-order valence-electron chi connectivity index (χ0n) is 9.81. The molecule has 0 amide bonds. The van der Waals surface area contributed by atoms with Crippen LogP contribution in [-0.4, -0.2) is 36.8 Å². The van der Waals surface area contributed by atoms with Crippen molar-refractivity contribution >= 4 is 11.8 Å². The van der Waals surface area contributed by atoms with Crippen molar-refractivity contribution in [1.29, 1.82) is 0 Å². The third kappa shape index (κ3) is 8.85. The summed E-state index contributed by atoms with van der Waals surface area (Å²) in [5.41, 5.74) is 0.0271. The highest BCUT2D eigenvalue weighted by Gasteiger charge is 2.14. The van der Waals surface area contributed by atoms with Gasteiger partial charge in [0.1, 0.15) is 0 Å². The molecule has 0 atom stereocenters. The second-order valence-corrected chi connectivity index (χ2v) is 5.54. The van der Waals surface area contributed by atoms with Gasteiger partial charge in [-0.1, -0.05) is 20.3 Å². The quantitative estimate of drug-likeness (QED) is 0.583. The lowest BCUT2D eigenvalue weighted by Crippen LogP contribution is -2.32. The molecule has 0 aliphatic carbocycles. The monoisotopic (exact) mass is 219 g/mol. The van der Waals surface area contributed by atoms with Crippen LogP contribution in [0.3, 0.4) is 0 Å². The molecule has 2 nitrogen and oxygen atoms in total. The molecule has 0 aromatic carbocycles. The Labute approximate surface area is 92.9 Å². The van der Waals surface area contributed by atoms with Crippen molar-refractivity contribution in [3.63, 3.8) is 0 Å². The Balaban J connectivity index is 3.13. The van der Waals surface area contributed by atoms with Crippen molar-refractivity contribution in [3.05, 3.63) is 0 Å². The van der Waals surface area contributed by atoms with Crippen molar-refractivity contribution in [2.45, 2.75) is 33.1 Å². The highest BCUT2D eigenvalue weighted by molar-refractivity contribution is 7.98. The van der Waals surface area contributed by atoms with Crippen molar-refractivity contribution in [2.75, 3.05) is 31.7 Å². The van der Waals surface area contributed by atoms with E-state index in [9.17, 15) is 0 Å². The predicted octanol–water partition coefficient (Wildman–Crippen LogP) is 2.13. The lowest BCUT2D eigenvalue weighted by atomic mass is 9.95. The van der Waals surface area contributed by atoms with Gasteiger partial charge in [-0.15, -0.1) is 0 Å². The van der Waals surface area contributed by atoms with Crippen molar-refractivity contribution in [2.24, 2.45) is 5.41 Å². The van der Waals surface area contributed by atoms with Crippen LogP contribution in [0.5, 0.6) is 0 Å². The van der Waals surface area contributed by atoms with E-state index in [1.54, 1.807) is 0 Å².